The van der Waals surface area contributed by atoms with Gasteiger partial charge in [-0.05, 0) is 19.1 Å². The molecule has 0 radical (unpaired) electrons. The van der Waals surface area contributed by atoms with Gasteiger partial charge in [-0.1, -0.05) is 6.07 Å². The van der Waals surface area contributed by atoms with Gasteiger partial charge in [-0.15, -0.1) is 12.4 Å². The molecular weight excluding hydrogens is 240 g/mol. The number of ether oxygens (including phenoxy) is 1. The molecule has 92 valence electrons. The Morgan fingerprint density at radius 2 is 2.24 bits per heavy atom. The largest absolute Gasteiger partial charge is 0.491 e. The van der Waals surface area contributed by atoms with Gasteiger partial charge in [0.1, 0.15) is 12.4 Å². The van der Waals surface area contributed by atoms with Crippen LogP contribution >= 0.6 is 12.4 Å². The van der Waals surface area contributed by atoms with Crippen molar-refractivity contribution in [1.82, 2.24) is 9.55 Å². The number of rotatable bonds is 4. The molecule has 4 nitrogen and oxygen atoms in total. The average Bonchev–Trinajstić information content (AvgIpc) is 2.74. The molecule has 0 aliphatic heterocycles. The van der Waals surface area contributed by atoms with E-state index in [2.05, 4.69) is 4.98 Å². The molecule has 5 heteroatoms. The third-order valence-electron chi connectivity index (χ3n) is 2.19. The van der Waals surface area contributed by atoms with Gasteiger partial charge in [0.05, 0.1) is 24.3 Å². The summed E-state index contributed by atoms with van der Waals surface area (Å²) >= 11 is 0. The molecular formula is C12H15ClN2O2. The summed E-state index contributed by atoms with van der Waals surface area (Å²) in [5, 5.41) is 8.68. The number of aromatic nitrogens is 2. The number of hydrogen-bond donors (Lipinski definition) is 1. The molecule has 0 amide bonds. The number of aryl methyl sites for hydroxylation is 1. The maximum atomic E-state index is 8.68. The van der Waals surface area contributed by atoms with Gasteiger partial charge in [-0.25, -0.2) is 4.98 Å². The van der Waals surface area contributed by atoms with Gasteiger partial charge < -0.3 is 14.4 Å². The fourth-order valence-corrected chi connectivity index (χ4v) is 1.46. The van der Waals surface area contributed by atoms with Crippen molar-refractivity contribution in [2.45, 2.75) is 6.92 Å². The Kier molecular flexibility index (Phi) is 5.00. The first-order chi connectivity index (χ1) is 7.79. The van der Waals surface area contributed by atoms with Crippen molar-refractivity contribution in [3.63, 3.8) is 0 Å². The highest BCUT2D eigenvalue weighted by Gasteiger charge is 1.99. The molecule has 0 aliphatic carbocycles. The van der Waals surface area contributed by atoms with E-state index < -0.39 is 0 Å². The maximum absolute atomic E-state index is 8.68. The quantitative estimate of drug-likeness (QED) is 0.908. The molecule has 1 N–H and O–H groups in total. The van der Waals surface area contributed by atoms with Crippen LogP contribution < -0.4 is 4.74 Å². The highest BCUT2D eigenvalue weighted by atomic mass is 35.5. The molecule has 0 aliphatic rings. The van der Waals surface area contributed by atoms with E-state index in [9.17, 15) is 0 Å². The summed E-state index contributed by atoms with van der Waals surface area (Å²) in [5.74, 6) is 0.748. The molecule has 17 heavy (non-hydrogen) atoms. The van der Waals surface area contributed by atoms with E-state index in [4.69, 9.17) is 9.84 Å². The lowest BCUT2D eigenvalue weighted by Gasteiger charge is -2.06. The zero-order chi connectivity index (χ0) is 11.4. The Morgan fingerprint density at radius 1 is 1.41 bits per heavy atom. The fraction of sp³-hybridized carbons (Fsp3) is 0.250. The van der Waals surface area contributed by atoms with Crippen LogP contribution in [0.15, 0.2) is 36.8 Å². The van der Waals surface area contributed by atoms with Crippen LogP contribution in [0.4, 0.5) is 0 Å². The van der Waals surface area contributed by atoms with Gasteiger partial charge >= 0.3 is 0 Å². The van der Waals surface area contributed by atoms with E-state index in [0.29, 0.717) is 6.61 Å². The van der Waals surface area contributed by atoms with Crippen LogP contribution in [0.1, 0.15) is 5.69 Å². The van der Waals surface area contributed by atoms with Crippen molar-refractivity contribution in [2.24, 2.45) is 0 Å². The monoisotopic (exact) mass is 254 g/mol. The maximum Gasteiger partial charge on any atom is 0.121 e. The van der Waals surface area contributed by atoms with Crippen LogP contribution in [0.2, 0.25) is 0 Å². The topological polar surface area (TPSA) is 47.3 Å². The predicted molar refractivity (Wildman–Crippen MR) is 68.1 cm³/mol. The first-order valence-corrected chi connectivity index (χ1v) is 5.14. The van der Waals surface area contributed by atoms with Gasteiger partial charge in [0.15, 0.2) is 0 Å². The summed E-state index contributed by atoms with van der Waals surface area (Å²) in [5.41, 5.74) is 1.97. The van der Waals surface area contributed by atoms with Gasteiger partial charge in [-0.2, -0.15) is 0 Å². The normalized spacial score (nSPS) is 9.76. The number of aliphatic hydroxyl groups excluding tert-OH is 1. The van der Waals surface area contributed by atoms with Crippen molar-refractivity contribution in [1.29, 1.82) is 0 Å². The van der Waals surface area contributed by atoms with Crippen LogP contribution in [-0.4, -0.2) is 27.9 Å². The highest BCUT2D eigenvalue weighted by Crippen LogP contribution is 2.16. The molecule has 0 saturated carbocycles. The summed E-state index contributed by atoms with van der Waals surface area (Å²) in [7, 11) is 0. The van der Waals surface area contributed by atoms with Crippen molar-refractivity contribution in [3.05, 3.63) is 42.5 Å². The Bertz CT molecular complexity index is 471. The smallest absolute Gasteiger partial charge is 0.121 e. The Balaban J connectivity index is 0.00000144. The number of imidazole rings is 1. The number of aliphatic hydroxyl groups is 1. The van der Waals surface area contributed by atoms with E-state index >= 15 is 0 Å². The van der Waals surface area contributed by atoms with E-state index in [-0.39, 0.29) is 19.0 Å². The SMILES string of the molecule is Cc1cn(-c2cccc(OCCO)c2)cn1.Cl. The molecule has 0 saturated heterocycles. The van der Waals surface area contributed by atoms with Crippen LogP contribution in [0, 0.1) is 6.92 Å². The minimum atomic E-state index is 0. The zero-order valence-electron chi connectivity index (χ0n) is 9.54. The summed E-state index contributed by atoms with van der Waals surface area (Å²) in [6, 6.07) is 7.67. The van der Waals surface area contributed by atoms with Crippen LogP contribution in [0.25, 0.3) is 5.69 Å². The van der Waals surface area contributed by atoms with Gasteiger partial charge in [0.2, 0.25) is 0 Å². The minimum absolute atomic E-state index is 0. The van der Waals surface area contributed by atoms with Crippen molar-refractivity contribution >= 4 is 12.4 Å². The molecule has 0 spiro atoms. The fourth-order valence-electron chi connectivity index (χ4n) is 1.46. The lowest BCUT2D eigenvalue weighted by molar-refractivity contribution is 0.201. The van der Waals surface area contributed by atoms with Gasteiger partial charge in [0.25, 0.3) is 0 Å². The van der Waals surface area contributed by atoms with E-state index in [0.717, 1.165) is 17.1 Å². The summed E-state index contributed by atoms with van der Waals surface area (Å²) in [6.45, 7) is 2.28. The Morgan fingerprint density at radius 3 is 2.88 bits per heavy atom. The standard InChI is InChI=1S/C12H14N2O2.ClH/c1-10-8-14(9-13-10)11-3-2-4-12(7-11)16-6-5-15;/h2-4,7-9,15H,5-6H2,1H3;1H. The van der Waals surface area contributed by atoms with Gasteiger partial charge in [0, 0.05) is 12.3 Å². The first-order valence-electron chi connectivity index (χ1n) is 5.14. The number of halogens is 1. The molecule has 1 heterocycles. The van der Waals surface area contributed by atoms with E-state index in [1.54, 1.807) is 6.33 Å². The third-order valence-corrected chi connectivity index (χ3v) is 2.19. The summed E-state index contributed by atoms with van der Waals surface area (Å²) < 4.78 is 7.27. The summed E-state index contributed by atoms with van der Waals surface area (Å²) in [4.78, 5) is 4.17. The molecule has 2 rings (SSSR count). The lowest BCUT2D eigenvalue weighted by atomic mass is 10.3. The molecule has 1 aromatic heterocycles. The van der Waals surface area contributed by atoms with Crippen molar-refractivity contribution in [2.75, 3.05) is 13.2 Å². The van der Waals surface area contributed by atoms with E-state index in [1.807, 2.05) is 42.0 Å². The highest BCUT2D eigenvalue weighted by molar-refractivity contribution is 5.85. The summed E-state index contributed by atoms with van der Waals surface area (Å²) in [6.07, 6.45) is 3.71. The second-order valence-electron chi connectivity index (χ2n) is 3.49. The van der Waals surface area contributed by atoms with E-state index in [1.165, 1.54) is 0 Å². The Labute approximate surface area is 106 Å². The van der Waals surface area contributed by atoms with Crippen LogP contribution in [0.3, 0.4) is 0 Å². The molecule has 0 unspecified atom stereocenters. The van der Waals surface area contributed by atoms with Crippen LogP contribution in [0.5, 0.6) is 5.75 Å². The van der Waals surface area contributed by atoms with Gasteiger partial charge in [-0.3, -0.25) is 0 Å². The number of benzene rings is 1. The third kappa shape index (κ3) is 3.47. The van der Waals surface area contributed by atoms with Crippen LogP contribution in [-0.2, 0) is 0 Å². The lowest BCUT2D eigenvalue weighted by Crippen LogP contribution is -2.02. The zero-order valence-corrected chi connectivity index (χ0v) is 10.4. The molecule has 1 aromatic carbocycles. The minimum Gasteiger partial charge on any atom is -0.491 e. The number of nitrogens with zero attached hydrogens (tertiary/aromatic N) is 2. The molecule has 2 aromatic rings. The Hall–Kier alpha value is -1.52. The molecule has 0 atom stereocenters. The molecule has 0 fully saturated rings. The predicted octanol–water partition coefficient (Wildman–Crippen LogP) is 1.97. The second kappa shape index (κ2) is 6.27. The average molecular weight is 255 g/mol. The second-order valence-corrected chi connectivity index (χ2v) is 3.49. The first kappa shape index (κ1) is 13.5. The molecule has 0 bridgehead atoms. The number of hydrogen-bond acceptors (Lipinski definition) is 3. The van der Waals surface area contributed by atoms with Crippen molar-refractivity contribution in [3.8, 4) is 11.4 Å². The van der Waals surface area contributed by atoms with Crippen molar-refractivity contribution < 1.29 is 9.84 Å².